The molecule has 2 amide bonds. The lowest BCUT2D eigenvalue weighted by atomic mass is 10.1. The Labute approximate surface area is 156 Å². The zero-order chi connectivity index (χ0) is 18.9. The monoisotopic (exact) mass is 361 g/mol. The van der Waals surface area contributed by atoms with E-state index in [1.807, 2.05) is 24.3 Å². The van der Waals surface area contributed by atoms with E-state index in [1.165, 1.54) is 12.8 Å². The Morgan fingerprint density at radius 3 is 2.69 bits per heavy atom. The Kier molecular flexibility index (Phi) is 7.91. The molecule has 0 radical (unpaired) electrons. The third kappa shape index (κ3) is 6.02. The lowest BCUT2D eigenvalue weighted by Gasteiger charge is -2.18. The molecule has 0 saturated carbocycles. The number of amides is 2. The number of rotatable bonds is 10. The Morgan fingerprint density at radius 2 is 2.04 bits per heavy atom. The molecule has 0 aliphatic carbocycles. The second kappa shape index (κ2) is 10.2. The van der Waals surface area contributed by atoms with Crippen LogP contribution in [0.4, 0.5) is 0 Å². The number of carbonyl (C=O) groups excluding carboxylic acids is 2. The zero-order valence-electron chi connectivity index (χ0n) is 16.2. The SMILES string of the molecule is CCCCN(C)CCNC(=O)[C@@H]1CC(=O)N(Cc2ccc(OC)cc2)C1. The minimum atomic E-state index is -0.248. The highest BCUT2D eigenvalue weighted by Gasteiger charge is 2.34. The molecule has 0 spiro atoms. The molecule has 0 unspecified atom stereocenters. The van der Waals surface area contributed by atoms with Crippen molar-refractivity contribution in [2.24, 2.45) is 5.92 Å². The molecule has 1 fully saturated rings. The molecule has 1 aromatic carbocycles. The average molecular weight is 361 g/mol. The van der Waals surface area contributed by atoms with Crippen LogP contribution < -0.4 is 10.1 Å². The number of nitrogens with one attached hydrogen (secondary N) is 1. The summed E-state index contributed by atoms with van der Waals surface area (Å²) in [5.74, 6) is 0.574. The maximum Gasteiger partial charge on any atom is 0.225 e. The first-order valence-electron chi connectivity index (χ1n) is 9.40. The van der Waals surface area contributed by atoms with Crippen molar-refractivity contribution >= 4 is 11.8 Å². The van der Waals surface area contributed by atoms with Gasteiger partial charge in [-0.25, -0.2) is 0 Å². The Bertz CT molecular complexity index is 588. The predicted octanol–water partition coefficient (Wildman–Crippen LogP) is 1.89. The standard InChI is InChI=1S/C20H31N3O3/c1-4-5-11-22(2)12-10-21-20(25)17-13-19(24)23(15-17)14-16-6-8-18(26-3)9-7-16/h6-9,17H,4-5,10-15H2,1-3H3,(H,21,25)/t17-/m1/s1. The molecular formula is C20H31N3O3. The van der Waals surface area contributed by atoms with Crippen molar-refractivity contribution in [2.45, 2.75) is 32.7 Å². The second-order valence-corrected chi connectivity index (χ2v) is 6.97. The van der Waals surface area contributed by atoms with Crippen LogP contribution in [0.3, 0.4) is 0 Å². The van der Waals surface area contributed by atoms with E-state index < -0.39 is 0 Å². The van der Waals surface area contributed by atoms with Crippen molar-refractivity contribution in [3.8, 4) is 5.75 Å². The highest BCUT2D eigenvalue weighted by molar-refractivity contribution is 5.89. The highest BCUT2D eigenvalue weighted by Crippen LogP contribution is 2.21. The molecule has 1 aromatic rings. The van der Waals surface area contributed by atoms with Gasteiger partial charge in [-0.3, -0.25) is 9.59 Å². The van der Waals surface area contributed by atoms with Gasteiger partial charge in [-0.15, -0.1) is 0 Å². The minimum Gasteiger partial charge on any atom is -0.497 e. The van der Waals surface area contributed by atoms with Crippen LogP contribution in [0.5, 0.6) is 5.75 Å². The molecule has 2 rings (SSSR count). The number of likely N-dealkylation sites (N-methyl/N-ethyl adjacent to an activating group) is 1. The van der Waals surface area contributed by atoms with Crippen molar-refractivity contribution in [3.05, 3.63) is 29.8 Å². The van der Waals surface area contributed by atoms with Gasteiger partial charge in [0.2, 0.25) is 11.8 Å². The van der Waals surface area contributed by atoms with E-state index in [9.17, 15) is 9.59 Å². The third-order valence-electron chi connectivity index (χ3n) is 4.80. The zero-order valence-corrected chi connectivity index (χ0v) is 16.2. The first-order valence-corrected chi connectivity index (χ1v) is 9.40. The smallest absolute Gasteiger partial charge is 0.225 e. The third-order valence-corrected chi connectivity index (χ3v) is 4.80. The van der Waals surface area contributed by atoms with E-state index in [4.69, 9.17) is 4.74 Å². The predicted molar refractivity (Wildman–Crippen MR) is 102 cm³/mol. The molecule has 1 saturated heterocycles. The van der Waals surface area contributed by atoms with Gasteiger partial charge >= 0.3 is 0 Å². The summed E-state index contributed by atoms with van der Waals surface area (Å²) in [6, 6.07) is 7.67. The van der Waals surface area contributed by atoms with Gasteiger partial charge < -0.3 is 19.9 Å². The van der Waals surface area contributed by atoms with Gasteiger partial charge in [-0.2, -0.15) is 0 Å². The molecule has 0 aromatic heterocycles. The van der Waals surface area contributed by atoms with Crippen LogP contribution in [-0.2, 0) is 16.1 Å². The quantitative estimate of drug-likeness (QED) is 0.691. The normalized spacial score (nSPS) is 17.0. The van der Waals surface area contributed by atoms with Gasteiger partial charge in [0.25, 0.3) is 0 Å². The number of hydrogen-bond donors (Lipinski definition) is 1. The Balaban J connectivity index is 1.76. The number of carbonyl (C=O) groups is 2. The van der Waals surface area contributed by atoms with Crippen LogP contribution in [0, 0.1) is 5.92 Å². The van der Waals surface area contributed by atoms with Crippen molar-refractivity contribution in [1.29, 1.82) is 0 Å². The van der Waals surface area contributed by atoms with Crippen molar-refractivity contribution in [2.75, 3.05) is 40.3 Å². The van der Waals surface area contributed by atoms with Gasteiger partial charge in [0, 0.05) is 32.6 Å². The number of ether oxygens (including phenoxy) is 1. The van der Waals surface area contributed by atoms with Crippen molar-refractivity contribution in [1.82, 2.24) is 15.1 Å². The molecular weight excluding hydrogens is 330 g/mol. The summed E-state index contributed by atoms with van der Waals surface area (Å²) in [7, 11) is 3.70. The fourth-order valence-corrected chi connectivity index (χ4v) is 3.11. The molecule has 0 bridgehead atoms. The molecule has 1 atom stereocenters. The molecule has 1 aliphatic rings. The van der Waals surface area contributed by atoms with E-state index in [2.05, 4.69) is 24.2 Å². The van der Waals surface area contributed by atoms with Crippen molar-refractivity contribution < 1.29 is 14.3 Å². The summed E-state index contributed by atoms with van der Waals surface area (Å²) in [6.45, 7) is 5.70. The van der Waals surface area contributed by atoms with Crippen LogP contribution in [0.15, 0.2) is 24.3 Å². The largest absolute Gasteiger partial charge is 0.497 e. The van der Waals surface area contributed by atoms with E-state index in [-0.39, 0.29) is 17.7 Å². The minimum absolute atomic E-state index is 0.0144. The highest BCUT2D eigenvalue weighted by atomic mass is 16.5. The number of hydrogen-bond acceptors (Lipinski definition) is 4. The summed E-state index contributed by atoms with van der Waals surface area (Å²) in [5.41, 5.74) is 1.04. The lowest BCUT2D eigenvalue weighted by molar-refractivity contribution is -0.129. The summed E-state index contributed by atoms with van der Waals surface area (Å²) in [5, 5.41) is 2.98. The van der Waals surface area contributed by atoms with Crippen molar-refractivity contribution in [3.63, 3.8) is 0 Å². The Hall–Kier alpha value is -2.08. The number of likely N-dealkylation sites (tertiary alicyclic amines) is 1. The molecule has 1 N–H and O–H groups in total. The summed E-state index contributed by atoms with van der Waals surface area (Å²) >= 11 is 0. The van der Waals surface area contributed by atoms with Gasteiger partial charge in [0.05, 0.1) is 13.0 Å². The molecule has 1 heterocycles. The molecule has 26 heavy (non-hydrogen) atoms. The van der Waals surface area contributed by atoms with Gasteiger partial charge in [0.15, 0.2) is 0 Å². The average Bonchev–Trinajstić information content (AvgIpc) is 3.01. The number of methoxy groups -OCH3 is 1. The summed E-state index contributed by atoms with van der Waals surface area (Å²) < 4.78 is 5.15. The lowest BCUT2D eigenvalue weighted by Crippen LogP contribution is -2.37. The fraction of sp³-hybridized carbons (Fsp3) is 0.600. The second-order valence-electron chi connectivity index (χ2n) is 6.97. The number of benzene rings is 1. The maximum atomic E-state index is 12.3. The first-order chi connectivity index (χ1) is 12.5. The van der Waals surface area contributed by atoms with Gasteiger partial charge in [0.1, 0.15) is 5.75 Å². The molecule has 144 valence electrons. The van der Waals surface area contributed by atoms with Crippen LogP contribution in [0.1, 0.15) is 31.7 Å². The molecule has 6 heteroatoms. The van der Waals surface area contributed by atoms with Crippen LogP contribution in [0.25, 0.3) is 0 Å². The molecule has 1 aliphatic heterocycles. The van der Waals surface area contributed by atoms with Gasteiger partial charge in [-0.05, 0) is 37.7 Å². The number of nitrogens with zero attached hydrogens (tertiary/aromatic N) is 2. The summed E-state index contributed by atoms with van der Waals surface area (Å²) in [4.78, 5) is 28.6. The van der Waals surface area contributed by atoms with E-state index in [1.54, 1.807) is 12.0 Å². The van der Waals surface area contributed by atoms with E-state index in [0.717, 1.165) is 24.4 Å². The summed E-state index contributed by atoms with van der Waals surface area (Å²) in [6.07, 6.45) is 2.64. The van der Waals surface area contributed by atoms with E-state index in [0.29, 0.717) is 26.1 Å². The van der Waals surface area contributed by atoms with Crippen LogP contribution in [-0.4, -0.2) is 62.0 Å². The maximum absolute atomic E-state index is 12.3. The topological polar surface area (TPSA) is 61.9 Å². The van der Waals surface area contributed by atoms with Gasteiger partial charge in [-0.1, -0.05) is 25.5 Å². The van der Waals surface area contributed by atoms with E-state index >= 15 is 0 Å². The van der Waals surface area contributed by atoms with Crippen LogP contribution in [0.2, 0.25) is 0 Å². The Morgan fingerprint density at radius 1 is 1.31 bits per heavy atom. The number of unbranched alkanes of at least 4 members (excludes halogenated alkanes) is 1. The van der Waals surface area contributed by atoms with Crippen LogP contribution >= 0.6 is 0 Å². The fourth-order valence-electron chi connectivity index (χ4n) is 3.11. The first kappa shape index (κ1) is 20.2. The molecule has 6 nitrogen and oxygen atoms in total.